The predicted octanol–water partition coefficient (Wildman–Crippen LogP) is 6.89. The van der Waals surface area contributed by atoms with Gasteiger partial charge in [0.15, 0.2) is 6.23 Å². The van der Waals surface area contributed by atoms with Crippen molar-refractivity contribution in [1.82, 2.24) is 9.88 Å². The van der Waals surface area contributed by atoms with Gasteiger partial charge < -0.3 is 14.6 Å². The molecule has 6 nitrogen and oxygen atoms in total. The van der Waals surface area contributed by atoms with E-state index in [4.69, 9.17) is 26.1 Å². The zero-order valence-electron chi connectivity index (χ0n) is 22.4. The molecule has 3 atom stereocenters. The summed E-state index contributed by atoms with van der Waals surface area (Å²) in [5.41, 5.74) is 6.35. The highest BCUT2D eigenvalue weighted by Crippen LogP contribution is 2.41. The van der Waals surface area contributed by atoms with E-state index in [1.54, 1.807) is 0 Å². The fourth-order valence-corrected chi connectivity index (χ4v) is 5.59. The SMILES string of the molecule is CCO[C@@H](c1c(C)nc2ccc(Cl)cc2c1-c1ccc(CC)cc1)C(O)N1C(=O)OC[C@H]1Cc1ccccc1. The Balaban J connectivity index is 1.65. The van der Waals surface area contributed by atoms with E-state index in [9.17, 15) is 9.90 Å². The van der Waals surface area contributed by atoms with Crippen LogP contribution in [0, 0.1) is 6.92 Å². The number of aryl methyl sites for hydroxylation is 2. The number of hydrogen-bond donors (Lipinski definition) is 1. The van der Waals surface area contributed by atoms with Gasteiger partial charge in [-0.3, -0.25) is 9.88 Å². The van der Waals surface area contributed by atoms with Crippen LogP contribution in [0.2, 0.25) is 5.02 Å². The van der Waals surface area contributed by atoms with E-state index in [-0.39, 0.29) is 12.6 Å². The number of hydrogen-bond acceptors (Lipinski definition) is 5. The molecule has 1 saturated heterocycles. The zero-order chi connectivity index (χ0) is 27.5. The third-order valence-corrected chi connectivity index (χ3v) is 7.57. The van der Waals surface area contributed by atoms with E-state index in [1.807, 2.05) is 62.4 Å². The van der Waals surface area contributed by atoms with Crippen molar-refractivity contribution in [2.75, 3.05) is 13.2 Å². The normalized spacial score (nSPS) is 16.9. The number of benzene rings is 3. The Kier molecular flexibility index (Phi) is 8.17. The quantitative estimate of drug-likeness (QED) is 0.248. The van der Waals surface area contributed by atoms with Crippen LogP contribution in [0.25, 0.3) is 22.0 Å². The minimum atomic E-state index is -1.29. The van der Waals surface area contributed by atoms with Gasteiger partial charge in [0.25, 0.3) is 0 Å². The van der Waals surface area contributed by atoms with E-state index in [2.05, 4.69) is 31.2 Å². The summed E-state index contributed by atoms with van der Waals surface area (Å²) < 4.78 is 11.7. The highest BCUT2D eigenvalue weighted by molar-refractivity contribution is 6.31. The number of pyridine rings is 1. The summed E-state index contributed by atoms with van der Waals surface area (Å²) in [7, 11) is 0. The molecule has 1 aliphatic rings. The summed E-state index contributed by atoms with van der Waals surface area (Å²) in [6.07, 6.45) is -1.24. The molecule has 4 aromatic rings. The van der Waals surface area contributed by atoms with Crippen molar-refractivity contribution in [1.29, 1.82) is 0 Å². The van der Waals surface area contributed by atoms with Crippen LogP contribution in [0.1, 0.15) is 42.3 Å². The van der Waals surface area contributed by atoms with Crippen molar-refractivity contribution >= 4 is 28.6 Å². The first-order valence-electron chi connectivity index (χ1n) is 13.4. The molecule has 1 unspecified atom stereocenters. The first-order valence-corrected chi connectivity index (χ1v) is 13.8. The van der Waals surface area contributed by atoms with Crippen LogP contribution < -0.4 is 0 Å². The molecule has 2 heterocycles. The van der Waals surface area contributed by atoms with Gasteiger partial charge in [0.2, 0.25) is 0 Å². The molecule has 1 N–H and O–H groups in total. The number of ether oxygens (including phenoxy) is 2. The lowest BCUT2D eigenvalue weighted by Crippen LogP contribution is -2.47. The Bertz CT molecular complexity index is 1460. The number of aromatic nitrogens is 1. The van der Waals surface area contributed by atoms with Crippen LogP contribution in [-0.2, 0) is 22.3 Å². The van der Waals surface area contributed by atoms with Gasteiger partial charge in [-0.1, -0.05) is 73.1 Å². The molecule has 0 aliphatic carbocycles. The van der Waals surface area contributed by atoms with Gasteiger partial charge in [0.05, 0.1) is 11.6 Å². The van der Waals surface area contributed by atoms with Crippen molar-refractivity contribution in [3.63, 3.8) is 0 Å². The van der Waals surface area contributed by atoms with Crippen molar-refractivity contribution in [2.24, 2.45) is 0 Å². The van der Waals surface area contributed by atoms with Crippen molar-refractivity contribution in [2.45, 2.75) is 52.0 Å². The maximum absolute atomic E-state index is 13.0. The molecule has 1 aliphatic heterocycles. The van der Waals surface area contributed by atoms with Crippen LogP contribution in [-0.4, -0.2) is 46.6 Å². The second kappa shape index (κ2) is 11.7. The number of nitrogens with zero attached hydrogens (tertiary/aromatic N) is 2. The Morgan fingerprint density at radius 2 is 1.82 bits per heavy atom. The third kappa shape index (κ3) is 5.50. The topological polar surface area (TPSA) is 71.9 Å². The molecular weight excluding hydrogens is 512 g/mol. The highest BCUT2D eigenvalue weighted by Gasteiger charge is 2.43. The molecule has 0 saturated carbocycles. The summed E-state index contributed by atoms with van der Waals surface area (Å²) in [4.78, 5) is 19.3. The highest BCUT2D eigenvalue weighted by atomic mass is 35.5. The Labute approximate surface area is 234 Å². The maximum Gasteiger partial charge on any atom is 0.412 e. The molecule has 1 aromatic heterocycles. The molecule has 39 heavy (non-hydrogen) atoms. The number of amides is 1. The predicted molar refractivity (Wildman–Crippen MR) is 154 cm³/mol. The van der Waals surface area contributed by atoms with E-state index in [0.717, 1.165) is 39.6 Å². The third-order valence-electron chi connectivity index (χ3n) is 7.33. The number of rotatable bonds is 9. The lowest BCUT2D eigenvalue weighted by atomic mass is 9.89. The maximum atomic E-state index is 13.0. The summed E-state index contributed by atoms with van der Waals surface area (Å²) in [6.45, 7) is 6.43. The van der Waals surface area contributed by atoms with Crippen LogP contribution in [0.15, 0.2) is 72.8 Å². The van der Waals surface area contributed by atoms with Gasteiger partial charge in [-0.05, 0) is 67.1 Å². The van der Waals surface area contributed by atoms with Crippen molar-refractivity contribution < 1.29 is 19.4 Å². The molecular formula is C32H33ClN2O4. The lowest BCUT2D eigenvalue weighted by molar-refractivity contribution is -0.101. The monoisotopic (exact) mass is 544 g/mol. The van der Waals surface area contributed by atoms with Crippen LogP contribution >= 0.6 is 11.6 Å². The van der Waals surface area contributed by atoms with Gasteiger partial charge in [-0.2, -0.15) is 0 Å². The average Bonchev–Trinajstić information content (AvgIpc) is 3.31. The minimum Gasteiger partial charge on any atom is -0.447 e. The Morgan fingerprint density at radius 1 is 1.08 bits per heavy atom. The second-order valence-corrected chi connectivity index (χ2v) is 10.3. The van der Waals surface area contributed by atoms with Crippen LogP contribution in [0.5, 0.6) is 0 Å². The zero-order valence-corrected chi connectivity index (χ0v) is 23.2. The van der Waals surface area contributed by atoms with Gasteiger partial charge in [0.1, 0.15) is 12.7 Å². The summed E-state index contributed by atoms with van der Waals surface area (Å²) in [6, 6.07) is 23.5. The Morgan fingerprint density at radius 3 is 2.51 bits per heavy atom. The molecule has 5 rings (SSSR count). The first-order chi connectivity index (χ1) is 18.9. The van der Waals surface area contributed by atoms with Gasteiger partial charge in [-0.25, -0.2) is 4.79 Å². The fraction of sp³-hybridized carbons (Fsp3) is 0.312. The summed E-state index contributed by atoms with van der Waals surface area (Å²) in [5, 5.41) is 13.3. The standard InChI is InChI=1S/C32H33ClN2O4/c1-4-21-11-13-23(14-12-21)29-26-18-24(33)15-16-27(26)34-20(3)28(29)30(38-5-2)31(36)35-25(19-39-32(35)37)17-22-9-7-6-8-10-22/h6-16,18,25,30-31,36H,4-5,17,19H2,1-3H3/t25-,30+,31?/m1/s1. The van der Waals surface area contributed by atoms with Gasteiger partial charge >= 0.3 is 6.09 Å². The minimum absolute atomic E-state index is 0.194. The Hall–Kier alpha value is -3.45. The number of aliphatic hydroxyl groups is 1. The van der Waals surface area contributed by atoms with E-state index in [1.165, 1.54) is 10.5 Å². The molecule has 3 aromatic carbocycles. The number of carbonyl (C=O) groups is 1. The fourth-order valence-electron chi connectivity index (χ4n) is 5.42. The molecule has 1 fully saturated rings. The first kappa shape index (κ1) is 27.1. The smallest absolute Gasteiger partial charge is 0.412 e. The number of halogens is 1. The van der Waals surface area contributed by atoms with Crippen LogP contribution in [0.4, 0.5) is 4.79 Å². The largest absolute Gasteiger partial charge is 0.447 e. The molecule has 7 heteroatoms. The summed E-state index contributed by atoms with van der Waals surface area (Å²) >= 11 is 6.46. The van der Waals surface area contributed by atoms with Gasteiger partial charge in [-0.15, -0.1) is 0 Å². The molecule has 0 spiro atoms. The molecule has 202 valence electrons. The number of cyclic esters (lactones) is 1. The van der Waals surface area contributed by atoms with Crippen molar-refractivity contribution in [3.8, 4) is 11.1 Å². The number of carbonyl (C=O) groups excluding carboxylic acids is 1. The average molecular weight is 545 g/mol. The molecule has 0 bridgehead atoms. The van der Waals surface area contributed by atoms with Crippen LogP contribution in [0.3, 0.4) is 0 Å². The lowest BCUT2D eigenvalue weighted by Gasteiger charge is -2.34. The molecule has 0 radical (unpaired) electrons. The van der Waals surface area contributed by atoms with Crippen molar-refractivity contribution in [3.05, 3.63) is 100 Å². The van der Waals surface area contributed by atoms with E-state index >= 15 is 0 Å². The number of fused-ring (bicyclic) bond motifs is 1. The number of aliphatic hydroxyl groups excluding tert-OH is 1. The molecule has 1 amide bonds. The van der Waals surface area contributed by atoms with E-state index < -0.39 is 18.4 Å². The van der Waals surface area contributed by atoms with Gasteiger partial charge in [0, 0.05) is 28.3 Å². The second-order valence-electron chi connectivity index (χ2n) is 9.82. The van der Waals surface area contributed by atoms with E-state index in [0.29, 0.717) is 23.7 Å². The summed E-state index contributed by atoms with van der Waals surface area (Å²) in [5.74, 6) is 0.